The zero-order valence-electron chi connectivity index (χ0n) is 20.7. The van der Waals surface area contributed by atoms with E-state index in [1.807, 2.05) is 31.2 Å². The molecule has 1 atom stereocenters. The van der Waals surface area contributed by atoms with Crippen molar-refractivity contribution in [3.8, 4) is 11.1 Å². The second-order valence-electron chi connectivity index (χ2n) is 10.9. The number of ether oxygens (including phenoxy) is 4. The molecule has 2 bridgehead atoms. The number of ketones is 1. The fraction of sp³-hybridized carbons (Fsp3) is 0.517. The first-order valence-corrected chi connectivity index (χ1v) is 13.1. The van der Waals surface area contributed by atoms with E-state index in [-0.39, 0.29) is 29.6 Å². The lowest BCUT2D eigenvalue weighted by atomic mass is 9.82. The van der Waals surface area contributed by atoms with Gasteiger partial charge in [0, 0.05) is 17.3 Å². The molecular formula is C29H33NO6. The van der Waals surface area contributed by atoms with Gasteiger partial charge in [0.25, 0.3) is 0 Å². The average molecular weight is 492 g/mol. The Hall–Kier alpha value is -2.74. The van der Waals surface area contributed by atoms with Crippen LogP contribution in [0.1, 0.15) is 56.1 Å². The molecule has 0 aromatic heterocycles. The lowest BCUT2D eigenvalue weighted by molar-refractivity contribution is -0.469. The molecule has 3 aliphatic heterocycles. The van der Waals surface area contributed by atoms with Crippen LogP contribution in [-0.4, -0.2) is 50.3 Å². The number of benzene rings is 2. The van der Waals surface area contributed by atoms with Crippen molar-refractivity contribution >= 4 is 11.9 Å². The van der Waals surface area contributed by atoms with Gasteiger partial charge in [0.05, 0.1) is 19.8 Å². The summed E-state index contributed by atoms with van der Waals surface area (Å²) in [6.45, 7) is 3.42. The molecule has 7 rings (SSSR count). The Morgan fingerprint density at radius 3 is 2.06 bits per heavy atom. The maximum absolute atomic E-state index is 13.7. The van der Waals surface area contributed by atoms with Gasteiger partial charge >= 0.3 is 12.1 Å². The van der Waals surface area contributed by atoms with Gasteiger partial charge in [-0.15, -0.1) is 0 Å². The van der Waals surface area contributed by atoms with Crippen LogP contribution in [0.25, 0.3) is 11.1 Å². The highest BCUT2D eigenvalue weighted by atomic mass is 16.9. The van der Waals surface area contributed by atoms with Crippen molar-refractivity contribution in [1.29, 1.82) is 0 Å². The maximum Gasteiger partial charge on any atom is 0.408 e. The summed E-state index contributed by atoms with van der Waals surface area (Å²) < 4.78 is 23.7. The summed E-state index contributed by atoms with van der Waals surface area (Å²) in [4.78, 5) is 26.8. The van der Waals surface area contributed by atoms with Gasteiger partial charge in [0.1, 0.15) is 6.61 Å². The molecular weight excluding hydrogens is 458 g/mol. The SMILES string of the molecule is CC12COC([C@@H](NC(=O)OCC3c4ccccc4-c4ccccc43)C(=O)C3CCCCC3)(OC1)OC2. The fourth-order valence-corrected chi connectivity index (χ4v) is 6.04. The smallest absolute Gasteiger partial charge is 0.408 e. The molecule has 5 aliphatic rings. The standard InChI is InChI=1S/C29H33NO6/c1-28-16-34-29(35-17-28,36-18-28)26(25(31)19-9-3-2-4-10-19)30-27(32)33-15-24-22-13-7-5-11-20(22)21-12-6-8-14-23(21)24/h5-8,11-14,19,24,26H,2-4,9-10,15-18H2,1H3,(H,30,32)/t26-,28?,29?/m0/s1. The zero-order chi connectivity index (χ0) is 24.8. The Bertz CT molecular complexity index is 1090. The molecule has 2 aliphatic carbocycles. The van der Waals surface area contributed by atoms with Gasteiger partial charge in [-0.25, -0.2) is 4.79 Å². The summed E-state index contributed by atoms with van der Waals surface area (Å²) in [6, 6.07) is 15.3. The molecule has 4 fully saturated rings. The number of amides is 1. The third-order valence-electron chi connectivity index (χ3n) is 8.12. The van der Waals surface area contributed by atoms with Crippen LogP contribution < -0.4 is 5.32 Å². The van der Waals surface area contributed by atoms with Gasteiger partial charge in [-0.2, -0.15) is 0 Å². The third kappa shape index (κ3) is 4.13. The Balaban J connectivity index is 1.20. The topological polar surface area (TPSA) is 83.1 Å². The van der Waals surface area contributed by atoms with Crippen molar-refractivity contribution in [1.82, 2.24) is 5.32 Å². The Morgan fingerprint density at radius 2 is 1.47 bits per heavy atom. The lowest BCUT2D eigenvalue weighted by Gasteiger charge is -2.52. The minimum atomic E-state index is -1.60. The van der Waals surface area contributed by atoms with E-state index in [1.54, 1.807) is 0 Å². The molecule has 7 heteroatoms. The summed E-state index contributed by atoms with van der Waals surface area (Å²) in [7, 11) is 0. The van der Waals surface area contributed by atoms with E-state index in [9.17, 15) is 9.59 Å². The number of nitrogens with one attached hydrogen (secondary N) is 1. The molecule has 0 unspecified atom stereocenters. The second kappa shape index (κ2) is 9.29. The predicted octanol–water partition coefficient (Wildman–Crippen LogP) is 4.78. The molecule has 0 radical (unpaired) electrons. The first-order chi connectivity index (χ1) is 17.5. The van der Waals surface area contributed by atoms with E-state index >= 15 is 0 Å². The molecule has 7 nitrogen and oxygen atoms in total. The number of carbonyl (C=O) groups excluding carboxylic acids is 2. The molecule has 190 valence electrons. The second-order valence-corrected chi connectivity index (χ2v) is 10.9. The summed E-state index contributed by atoms with van der Waals surface area (Å²) in [5, 5.41) is 2.80. The van der Waals surface area contributed by atoms with E-state index in [1.165, 1.54) is 0 Å². The molecule has 1 amide bonds. The number of hydrogen-bond donors (Lipinski definition) is 1. The monoisotopic (exact) mass is 491 g/mol. The number of alkyl carbamates (subject to hydrolysis) is 1. The Morgan fingerprint density at radius 1 is 0.917 bits per heavy atom. The minimum Gasteiger partial charge on any atom is -0.449 e. The number of rotatable bonds is 6. The van der Waals surface area contributed by atoms with Crippen LogP contribution >= 0.6 is 0 Å². The largest absolute Gasteiger partial charge is 0.449 e. The van der Waals surface area contributed by atoms with Crippen LogP contribution in [0.2, 0.25) is 0 Å². The number of carbonyl (C=O) groups is 2. The van der Waals surface area contributed by atoms with Crippen molar-refractivity contribution in [2.75, 3.05) is 26.4 Å². The first-order valence-electron chi connectivity index (χ1n) is 13.1. The molecule has 2 aromatic rings. The van der Waals surface area contributed by atoms with Gasteiger partial charge in [-0.3, -0.25) is 4.79 Å². The van der Waals surface area contributed by atoms with Crippen molar-refractivity contribution in [2.45, 2.75) is 57.0 Å². The van der Waals surface area contributed by atoms with E-state index in [4.69, 9.17) is 18.9 Å². The number of hydrogen-bond acceptors (Lipinski definition) is 6. The summed E-state index contributed by atoms with van der Waals surface area (Å²) in [6.07, 6.45) is 4.06. The van der Waals surface area contributed by atoms with Gasteiger partial charge < -0.3 is 24.3 Å². The summed E-state index contributed by atoms with van der Waals surface area (Å²) in [5.74, 6) is -1.92. The van der Waals surface area contributed by atoms with Crippen molar-refractivity contribution < 1.29 is 28.5 Å². The fourth-order valence-electron chi connectivity index (χ4n) is 6.04. The van der Waals surface area contributed by atoms with Gasteiger partial charge in [0.2, 0.25) is 0 Å². The summed E-state index contributed by atoms with van der Waals surface area (Å²) in [5.41, 5.74) is 4.34. The van der Waals surface area contributed by atoms with Crippen LogP contribution in [0, 0.1) is 11.3 Å². The molecule has 2 aromatic carbocycles. The molecule has 1 N–H and O–H groups in total. The van der Waals surface area contributed by atoms with E-state index in [0.717, 1.165) is 54.4 Å². The Labute approximate surface area is 211 Å². The highest BCUT2D eigenvalue weighted by Gasteiger charge is 2.58. The lowest BCUT2D eigenvalue weighted by Crippen LogP contribution is -2.70. The molecule has 36 heavy (non-hydrogen) atoms. The number of fused-ring (bicyclic) bond motifs is 6. The highest BCUT2D eigenvalue weighted by Crippen LogP contribution is 2.45. The molecule has 0 spiro atoms. The highest BCUT2D eigenvalue weighted by molar-refractivity contribution is 5.90. The van der Waals surface area contributed by atoms with Crippen molar-refractivity contribution in [2.24, 2.45) is 11.3 Å². The van der Waals surface area contributed by atoms with Crippen LogP contribution in [0.3, 0.4) is 0 Å². The molecule has 1 saturated carbocycles. The van der Waals surface area contributed by atoms with Gasteiger partial charge in [-0.1, -0.05) is 74.7 Å². The maximum atomic E-state index is 13.7. The summed E-state index contributed by atoms with van der Waals surface area (Å²) >= 11 is 0. The van der Waals surface area contributed by atoms with Crippen molar-refractivity contribution in [3.63, 3.8) is 0 Å². The quantitative estimate of drug-likeness (QED) is 0.626. The van der Waals surface area contributed by atoms with E-state index < -0.39 is 18.1 Å². The van der Waals surface area contributed by atoms with Gasteiger partial charge in [-0.05, 0) is 35.1 Å². The minimum absolute atomic E-state index is 0.0670. The van der Waals surface area contributed by atoms with Crippen LogP contribution in [0.5, 0.6) is 0 Å². The molecule has 3 heterocycles. The molecule has 3 saturated heterocycles. The Kier molecular flexibility index (Phi) is 6.10. The zero-order valence-corrected chi connectivity index (χ0v) is 20.7. The number of Topliss-reactive ketones (excluding diaryl/α,β-unsaturated/α-hetero) is 1. The van der Waals surface area contributed by atoms with E-state index in [2.05, 4.69) is 29.6 Å². The van der Waals surface area contributed by atoms with Crippen LogP contribution in [-0.2, 0) is 23.7 Å². The first kappa shape index (κ1) is 23.6. The van der Waals surface area contributed by atoms with Crippen LogP contribution in [0.15, 0.2) is 48.5 Å². The predicted molar refractivity (Wildman–Crippen MR) is 132 cm³/mol. The third-order valence-corrected chi connectivity index (χ3v) is 8.12. The average Bonchev–Trinajstić information content (AvgIpc) is 3.25. The normalized spacial score (nSPS) is 28.2. The van der Waals surface area contributed by atoms with E-state index in [0.29, 0.717) is 19.8 Å². The van der Waals surface area contributed by atoms with Gasteiger partial charge in [0.15, 0.2) is 11.8 Å². The van der Waals surface area contributed by atoms with Crippen LogP contribution in [0.4, 0.5) is 4.79 Å². The van der Waals surface area contributed by atoms with Crippen molar-refractivity contribution in [3.05, 3.63) is 59.7 Å².